The molecular formula is C18H26N2O4. The average Bonchev–Trinajstić information content (AvgIpc) is 3.41. The van der Waals surface area contributed by atoms with E-state index >= 15 is 0 Å². The molecule has 6 nitrogen and oxygen atoms in total. The van der Waals surface area contributed by atoms with Gasteiger partial charge in [0.05, 0.1) is 14.2 Å². The highest BCUT2D eigenvalue weighted by atomic mass is 16.5. The number of methoxy groups -OCH3 is 2. The second-order valence-corrected chi connectivity index (χ2v) is 6.67. The highest BCUT2D eigenvalue weighted by Crippen LogP contribution is 2.33. The molecule has 1 aromatic rings. The molecule has 2 aliphatic rings. The van der Waals surface area contributed by atoms with Crippen LogP contribution < -0.4 is 14.8 Å². The fraction of sp³-hybridized carbons (Fsp3) is 0.611. The van der Waals surface area contributed by atoms with E-state index in [0.29, 0.717) is 43.6 Å². The van der Waals surface area contributed by atoms with E-state index in [4.69, 9.17) is 9.47 Å². The van der Waals surface area contributed by atoms with Gasteiger partial charge in [-0.3, -0.25) is 4.79 Å². The molecule has 3 rings (SSSR count). The van der Waals surface area contributed by atoms with Gasteiger partial charge in [-0.25, -0.2) is 0 Å². The molecule has 0 radical (unpaired) electrons. The molecule has 24 heavy (non-hydrogen) atoms. The Morgan fingerprint density at radius 3 is 2.79 bits per heavy atom. The summed E-state index contributed by atoms with van der Waals surface area (Å²) in [5, 5.41) is 14.1. The van der Waals surface area contributed by atoms with Crippen LogP contribution in [-0.4, -0.2) is 54.9 Å². The number of nitrogens with one attached hydrogen (secondary N) is 1. The lowest BCUT2D eigenvalue weighted by Crippen LogP contribution is -2.57. The Kier molecular flexibility index (Phi) is 4.96. The van der Waals surface area contributed by atoms with E-state index in [9.17, 15) is 9.90 Å². The summed E-state index contributed by atoms with van der Waals surface area (Å²) >= 11 is 0. The fourth-order valence-corrected chi connectivity index (χ4v) is 3.26. The maximum atomic E-state index is 12.8. The SMILES string of the molecule is COc1cccc(CN2CCC[C@](O)(CNC3CC3)C2=O)c1OC. The van der Waals surface area contributed by atoms with Crippen LogP contribution in [0.3, 0.4) is 0 Å². The fourth-order valence-electron chi connectivity index (χ4n) is 3.26. The van der Waals surface area contributed by atoms with Crippen molar-refractivity contribution in [2.45, 2.75) is 43.9 Å². The van der Waals surface area contributed by atoms with Gasteiger partial charge in [0.2, 0.25) is 0 Å². The average molecular weight is 334 g/mol. The normalized spacial score (nSPS) is 24.1. The highest BCUT2D eigenvalue weighted by molar-refractivity contribution is 5.86. The molecule has 1 heterocycles. The van der Waals surface area contributed by atoms with Gasteiger partial charge in [-0.2, -0.15) is 0 Å². The van der Waals surface area contributed by atoms with Gasteiger partial charge in [0.15, 0.2) is 17.1 Å². The van der Waals surface area contributed by atoms with Crippen molar-refractivity contribution in [3.8, 4) is 11.5 Å². The van der Waals surface area contributed by atoms with Crippen molar-refractivity contribution < 1.29 is 19.4 Å². The van der Waals surface area contributed by atoms with E-state index in [1.54, 1.807) is 19.1 Å². The Balaban J connectivity index is 1.73. The summed E-state index contributed by atoms with van der Waals surface area (Å²) in [6.45, 7) is 1.39. The second-order valence-electron chi connectivity index (χ2n) is 6.67. The van der Waals surface area contributed by atoms with Crippen LogP contribution in [0.25, 0.3) is 0 Å². The minimum atomic E-state index is -1.30. The van der Waals surface area contributed by atoms with Crippen molar-refractivity contribution in [1.82, 2.24) is 10.2 Å². The summed E-state index contributed by atoms with van der Waals surface area (Å²) in [6.07, 6.45) is 3.57. The van der Waals surface area contributed by atoms with E-state index in [-0.39, 0.29) is 5.91 Å². The predicted octanol–water partition coefficient (Wildman–Crippen LogP) is 1.31. The molecule has 2 fully saturated rings. The number of rotatable bonds is 7. The third kappa shape index (κ3) is 3.49. The maximum Gasteiger partial charge on any atom is 0.256 e. The smallest absolute Gasteiger partial charge is 0.256 e. The Labute approximate surface area is 142 Å². The molecule has 0 spiro atoms. The molecule has 1 saturated carbocycles. The van der Waals surface area contributed by atoms with E-state index < -0.39 is 5.60 Å². The van der Waals surface area contributed by atoms with E-state index in [1.807, 2.05) is 18.2 Å². The topological polar surface area (TPSA) is 71.0 Å². The Morgan fingerprint density at radius 1 is 1.33 bits per heavy atom. The summed E-state index contributed by atoms with van der Waals surface area (Å²) in [7, 11) is 3.19. The summed E-state index contributed by atoms with van der Waals surface area (Å²) < 4.78 is 10.8. The zero-order valence-electron chi connectivity index (χ0n) is 14.4. The quantitative estimate of drug-likeness (QED) is 0.787. The van der Waals surface area contributed by atoms with Crippen LogP contribution in [0, 0.1) is 0 Å². The molecule has 2 N–H and O–H groups in total. The van der Waals surface area contributed by atoms with E-state index in [2.05, 4.69) is 5.32 Å². The first-order valence-corrected chi connectivity index (χ1v) is 8.52. The maximum absolute atomic E-state index is 12.8. The zero-order chi connectivity index (χ0) is 17.2. The molecule has 0 aromatic heterocycles. The molecule has 1 atom stereocenters. The number of carbonyl (C=O) groups is 1. The van der Waals surface area contributed by atoms with Crippen LogP contribution in [0.5, 0.6) is 11.5 Å². The minimum Gasteiger partial charge on any atom is -0.493 e. The largest absolute Gasteiger partial charge is 0.493 e. The van der Waals surface area contributed by atoms with Gasteiger partial charge in [0.1, 0.15) is 0 Å². The van der Waals surface area contributed by atoms with Gasteiger partial charge in [0.25, 0.3) is 5.91 Å². The lowest BCUT2D eigenvalue weighted by molar-refractivity contribution is -0.157. The molecule has 1 aliphatic carbocycles. The van der Waals surface area contributed by atoms with Crippen molar-refractivity contribution in [2.24, 2.45) is 0 Å². The van der Waals surface area contributed by atoms with Crippen LogP contribution in [-0.2, 0) is 11.3 Å². The van der Waals surface area contributed by atoms with Crippen LogP contribution >= 0.6 is 0 Å². The lowest BCUT2D eigenvalue weighted by Gasteiger charge is -2.38. The first kappa shape index (κ1) is 17.0. The van der Waals surface area contributed by atoms with Crippen LogP contribution in [0.1, 0.15) is 31.2 Å². The first-order chi connectivity index (χ1) is 11.6. The van der Waals surface area contributed by atoms with Crippen molar-refractivity contribution >= 4 is 5.91 Å². The number of likely N-dealkylation sites (tertiary alicyclic amines) is 1. The third-order valence-electron chi connectivity index (χ3n) is 4.81. The monoisotopic (exact) mass is 334 g/mol. The van der Waals surface area contributed by atoms with Crippen LogP contribution in [0.2, 0.25) is 0 Å². The number of hydrogen-bond acceptors (Lipinski definition) is 5. The van der Waals surface area contributed by atoms with E-state index in [1.165, 1.54) is 0 Å². The number of hydrogen-bond donors (Lipinski definition) is 2. The number of ether oxygens (including phenoxy) is 2. The first-order valence-electron chi connectivity index (χ1n) is 8.52. The summed E-state index contributed by atoms with van der Waals surface area (Å²) in [5.74, 6) is 1.08. The zero-order valence-corrected chi connectivity index (χ0v) is 14.4. The minimum absolute atomic E-state index is 0.202. The number of piperidine rings is 1. The molecule has 0 bridgehead atoms. The van der Waals surface area contributed by atoms with Crippen molar-refractivity contribution in [3.63, 3.8) is 0 Å². The summed E-state index contributed by atoms with van der Waals surface area (Å²) in [5.41, 5.74) is -0.419. The lowest BCUT2D eigenvalue weighted by atomic mass is 9.91. The molecular weight excluding hydrogens is 308 g/mol. The molecule has 1 amide bonds. The number of carbonyl (C=O) groups excluding carboxylic acids is 1. The van der Waals surface area contributed by atoms with Gasteiger partial charge in [0, 0.05) is 31.2 Å². The summed E-state index contributed by atoms with van der Waals surface area (Å²) in [4.78, 5) is 14.5. The molecule has 0 unspecified atom stereocenters. The molecule has 1 saturated heterocycles. The number of aliphatic hydroxyl groups is 1. The van der Waals surface area contributed by atoms with Gasteiger partial charge in [-0.05, 0) is 31.7 Å². The number of para-hydroxylation sites is 1. The second kappa shape index (κ2) is 6.99. The summed E-state index contributed by atoms with van der Waals surface area (Å²) in [6, 6.07) is 6.10. The Morgan fingerprint density at radius 2 is 2.12 bits per heavy atom. The van der Waals surface area contributed by atoms with Crippen LogP contribution in [0.15, 0.2) is 18.2 Å². The van der Waals surface area contributed by atoms with Crippen molar-refractivity contribution in [3.05, 3.63) is 23.8 Å². The molecule has 6 heteroatoms. The van der Waals surface area contributed by atoms with E-state index in [0.717, 1.165) is 24.8 Å². The van der Waals surface area contributed by atoms with Crippen molar-refractivity contribution in [2.75, 3.05) is 27.3 Å². The number of nitrogens with zero attached hydrogens (tertiary/aromatic N) is 1. The van der Waals surface area contributed by atoms with Gasteiger partial charge in [-0.1, -0.05) is 12.1 Å². The number of amides is 1. The van der Waals surface area contributed by atoms with Gasteiger partial charge < -0.3 is 24.8 Å². The number of benzene rings is 1. The highest BCUT2D eigenvalue weighted by Gasteiger charge is 2.43. The molecule has 1 aliphatic heterocycles. The van der Waals surface area contributed by atoms with Gasteiger partial charge >= 0.3 is 0 Å². The van der Waals surface area contributed by atoms with Gasteiger partial charge in [-0.15, -0.1) is 0 Å². The Hall–Kier alpha value is -1.79. The Bertz CT molecular complexity index is 603. The third-order valence-corrected chi connectivity index (χ3v) is 4.81. The van der Waals surface area contributed by atoms with Crippen LogP contribution in [0.4, 0.5) is 0 Å². The molecule has 132 valence electrons. The predicted molar refractivity (Wildman–Crippen MR) is 90.2 cm³/mol. The standard InChI is InChI=1S/C18H26N2O4/c1-23-15-6-3-5-13(16(15)24-2)11-20-10-4-9-18(22,17(20)21)12-19-14-7-8-14/h3,5-6,14,19,22H,4,7-12H2,1-2H3/t18-/m0/s1. The van der Waals surface area contributed by atoms with Crippen molar-refractivity contribution in [1.29, 1.82) is 0 Å². The molecule has 1 aromatic carbocycles.